The number of ether oxygens (including phenoxy) is 2. The molecule has 0 spiro atoms. The molecule has 0 aliphatic heterocycles. The summed E-state index contributed by atoms with van der Waals surface area (Å²) in [7, 11) is 2.09. The molecule has 0 fully saturated rings. The maximum absolute atomic E-state index is 11.3. The van der Waals surface area contributed by atoms with Crippen LogP contribution in [-0.4, -0.2) is 27.1 Å². The molecule has 22 heavy (non-hydrogen) atoms. The van der Waals surface area contributed by atoms with E-state index >= 15 is 0 Å². The minimum atomic E-state index is -0.988. The van der Waals surface area contributed by atoms with Crippen LogP contribution in [0.25, 0.3) is 0 Å². The average Bonchev–Trinajstić information content (AvgIpc) is 2.59. The lowest BCUT2D eigenvalue weighted by Crippen LogP contribution is -2.15. The highest BCUT2D eigenvalue weighted by molar-refractivity contribution is 7.68. The zero-order valence-corrected chi connectivity index (χ0v) is 13.8. The molecule has 0 amide bonds. The largest absolute Gasteiger partial charge is 0.496 e. The number of methoxy groups -OCH3 is 2. The van der Waals surface area contributed by atoms with Crippen molar-refractivity contribution in [3.8, 4) is 11.5 Å². The summed E-state index contributed by atoms with van der Waals surface area (Å²) in [6.07, 6.45) is 0.743. The second kappa shape index (κ2) is 7.92. The van der Waals surface area contributed by atoms with E-state index in [9.17, 15) is 4.79 Å². The Kier molecular flexibility index (Phi) is 5.93. The first kappa shape index (κ1) is 16.5. The van der Waals surface area contributed by atoms with Crippen LogP contribution in [-0.2, 0) is 4.52 Å². The SMILES string of the molecule is CCOP(c1ccccc1)c1cc(OC)c(C=O)c(OC)c1. The van der Waals surface area contributed by atoms with Crippen molar-refractivity contribution in [2.24, 2.45) is 0 Å². The smallest absolute Gasteiger partial charge is 0.157 e. The quantitative estimate of drug-likeness (QED) is 0.582. The molecule has 0 aromatic heterocycles. The molecule has 1 unspecified atom stereocenters. The molecule has 0 saturated heterocycles. The summed E-state index contributed by atoms with van der Waals surface area (Å²) in [5, 5.41) is 2.05. The van der Waals surface area contributed by atoms with Crippen molar-refractivity contribution >= 4 is 25.0 Å². The maximum Gasteiger partial charge on any atom is 0.157 e. The number of hydrogen-bond acceptors (Lipinski definition) is 4. The van der Waals surface area contributed by atoms with Gasteiger partial charge in [-0.3, -0.25) is 4.79 Å². The van der Waals surface area contributed by atoms with E-state index in [0.717, 1.165) is 16.9 Å². The zero-order valence-electron chi connectivity index (χ0n) is 12.9. The van der Waals surface area contributed by atoms with Gasteiger partial charge in [0.25, 0.3) is 0 Å². The normalized spacial score (nSPS) is 11.8. The Hall–Kier alpha value is -1.90. The number of carbonyl (C=O) groups is 1. The molecule has 2 aromatic carbocycles. The molecule has 5 heteroatoms. The van der Waals surface area contributed by atoms with E-state index < -0.39 is 8.15 Å². The van der Waals surface area contributed by atoms with Crippen molar-refractivity contribution in [1.29, 1.82) is 0 Å². The Labute approximate surface area is 131 Å². The summed E-state index contributed by atoms with van der Waals surface area (Å²) in [5.74, 6) is 0.986. The van der Waals surface area contributed by atoms with Gasteiger partial charge in [-0.2, -0.15) is 0 Å². The lowest BCUT2D eigenvalue weighted by molar-refractivity contribution is 0.111. The molecule has 2 aromatic rings. The second-order valence-electron chi connectivity index (χ2n) is 4.43. The minimum absolute atomic E-state index is 0.410. The van der Waals surface area contributed by atoms with Crippen LogP contribution in [0.4, 0.5) is 0 Å². The van der Waals surface area contributed by atoms with Crippen LogP contribution in [0.2, 0.25) is 0 Å². The van der Waals surface area contributed by atoms with Crippen LogP contribution in [0, 0.1) is 0 Å². The lowest BCUT2D eigenvalue weighted by atomic mass is 10.2. The summed E-state index contributed by atoms with van der Waals surface area (Å²) >= 11 is 0. The molecule has 0 heterocycles. The number of hydrogen-bond donors (Lipinski definition) is 0. The molecule has 1 atom stereocenters. The van der Waals surface area contributed by atoms with Gasteiger partial charge in [-0.25, -0.2) is 0 Å². The third kappa shape index (κ3) is 3.46. The van der Waals surface area contributed by atoms with Crippen LogP contribution in [0.15, 0.2) is 42.5 Å². The van der Waals surface area contributed by atoms with Gasteiger partial charge in [0.1, 0.15) is 11.5 Å². The summed E-state index contributed by atoms with van der Waals surface area (Å²) in [5.41, 5.74) is 0.410. The predicted molar refractivity (Wildman–Crippen MR) is 89.2 cm³/mol. The van der Waals surface area contributed by atoms with E-state index in [4.69, 9.17) is 14.0 Å². The molecular formula is C17H19O4P. The third-order valence-electron chi connectivity index (χ3n) is 3.13. The lowest BCUT2D eigenvalue weighted by Gasteiger charge is -2.20. The van der Waals surface area contributed by atoms with Crippen LogP contribution in [0.3, 0.4) is 0 Å². The molecule has 0 bridgehead atoms. The molecule has 0 aliphatic carbocycles. The molecule has 116 valence electrons. The van der Waals surface area contributed by atoms with E-state index in [1.807, 2.05) is 49.4 Å². The topological polar surface area (TPSA) is 44.8 Å². The van der Waals surface area contributed by atoms with Crippen molar-refractivity contribution in [1.82, 2.24) is 0 Å². The first-order valence-electron chi connectivity index (χ1n) is 6.94. The summed E-state index contributed by atoms with van der Waals surface area (Å²) < 4.78 is 16.6. The highest BCUT2D eigenvalue weighted by atomic mass is 31.1. The van der Waals surface area contributed by atoms with Gasteiger partial charge in [0.2, 0.25) is 0 Å². The zero-order chi connectivity index (χ0) is 15.9. The number of rotatable bonds is 7. The molecule has 4 nitrogen and oxygen atoms in total. The van der Waals surface area contributed by atoms with Gasteiger partial charge in [0, 0.05) is 17.2 Å². The van der Waals surface area contributed by atoms with E-state index in [0.29, 0.717) is 23.7 Å². The van der Waals surface area contributed by atoms with Crippen LogP contribution in [0.1, 0.15) is 17.3 Å². The molecular weight excluding hydrogens is 299 g/mol. The second-order valence-corrected chi connectivity index (χ2v) is 6.31. The van der Waals surface area contributed by atoms with Gasteiger partial charge in [-0.1, -0.05) is 30.3 Å². The van der Waals surface area contributed by atoms with Crippen molar-refractivity contribution in [2.45, 2.75) is 6.92 Å². The number of benzene rings is 2. The number of aldehydes is 1. The van der Waals surface area contributed by atoms with Crippen LogP contribution in [0.5, 0.6) is 11.5 Å². The Morgan fingerprint density at radius 1 is 1.00 bits per heavy atom. The van der Waals surface area contributed by atoms with Crippen LogP contribution >= 0.6 is 8.15 Å². The van der Waals surface area contributed by atoms with Crippen molar-refractivity contribution in [2.75, 3.05) is 20.8 Å². The van der Waals surface area contributed by atoms with Gasteiger partial charge >= 0.3 is 0 Å². The Morgan fingerprint density at radius 3 is 2.05 bits per heavy atom. The van der Waals surface area contributed by atoms with Crippen molar-refractivity contribution < 1.29 is 18.8 Å². The number of carbonyl (C=O) groups excluding carboxylic acids is 1. The monoisotopic (exact) mass is 318 g/mol. The van der Waals surface area contributed by atoms with Crippen molar-refractivity contribution in [3.05, 3.63) is 48.0 Å². The fourth-order valence-corrected chi connectivity index (χ4v) is 3.92. The summed E-state index contributed by atoms with van der Waals surface area (Å²) in [4.78, 5) is 11.3. The minimum Gasteiger partial charge on any atom is -0.496 e. The standard InChI is InChI=1S/C17H19O4P/c1-4-21-22(13-8-6-5-7-9-13)14-10-16(19-2)15(12-18)17(11-14)20-3/h5-12H,4H2,1-3H3. The van der Waals surface area contributed by atoms with E-state index in [-0.39, 0.29) is 0 Å². The molecule has 2 rings (SSSR count). The fourth-order valence-electron chi connectivity index (χ4n) is 2.15. The third-order valence-corrected chi connectivity index (χ3v) is 5.14. The van der Waals surface area contributed by atoms with Crippen molar-refractivity contribution in [3.63, 3.8) is 0 Å². The van der Waals surface area contributed by atoms with E-state index in [1.165, 1.54) is 14.2 Å². The highest BCUT2D eigenvalue weighted by Crippen LogP contribution is 2.38. The average molecular weight is 318 g/mol. The molecule has 0 aliphatic rings. The van der Waals surface area contributed by atoms with Gasteiger partial charge in [0.05, 0.1) is 27.9 Å². The first-order chi connectivity index (χ1) is 10.7. The molecule has 0 saturated carbocycles. The summed E-state index contributed by atoms with van der Waals surface area (Å²) in [6.45, 7) is 2.56. The fraction of sp³-hybridized carbons (Fsp3) is 0.235. The Balaban J connectivity index is 2.54. The van der Waals surface area contributed by atoms with E-state index in [1.54, 1.807) is 0 Å². The first-order valence-corrected chi connectivity index (χ1v) is 8.20. The van der Waals surface area contributed by atoms with Gasteiger partial charge in [-0.05, 0) is 19.1 Å². The molecule has 0 radical (unpaired) electrons. The van der Waals surface area contributed by atoms with Crippen LogP contribution < -0.4 is 20.1 Å². The van der Waals surface area contributed by atoms with Gasteiger partial charge in [0.15, 0.2) is 6.29 Å². The molecule has 0 N–H and O–H groups in total. The highest BCUT2D eigenvalue weighted by Gasteiger charge is 2.20. The van der Waals surface area contributed by atoms with E-state index in [2.05, 4.69) is 0 Å². The Morgan fingerprint density at radius 2 is 1.59 bits per heavy atom. The summed E-state index contributed by atoms with van der Waals surface area (Å²) in [6, 6.07) is 13.7. The van der Waals surface area contributed by atoms with Gasteiger partial charge < -0.3 is 14.0 Å². The Bertz CT molecular complexity index is 603. The van der Waals surface area contributed by atoms with Gasteiger partial charge in [-0.15, -0.1) is 0 Å². The maximum atomic E-state index is 11.3. The predicted octanol–water partition coefficient (Wildman–Crippen LogP) is 2.90.